The average Bonchev–Trinajstić information content (AvgIpc) is 3.02. The van der Waals surface area contributed by atoms with E-state index in [9.17, 15) is 0 Å². The minimum absolute atomic E-state index is 0.0402. The molecule has 0 amide bonds. The van der Waals surface area contributed by atoms with Gasteiger partial charge in [0.15, 0.2) is 12.6 Å². The largest absolute Gasteiger partial charge is 0.494 e. The second-order valence-corrected chi connectivity index (χ2v) is 11.4. The van der Waals surface area contributed by atoms with E-state index in [-0.39, 0.29) is 12.6 Å². The number of hydrogen-bond acceptors (Lipinski definition) is 6. The number of halogens is 1. The van der Waals surface area contributed by atoms with Crippen LogP contribution in [0.3, 0.4) is 0 Å². The Labute approximate surface area is 252 Å². The van der Waals surface area contributed by atoms with Crippen LogP contribution < -0.4 is 9.47 Å². The SMILES string of the molecule is Brc1cc(-c2ccc(OCCCOC3CCCCO3)cc2)cc(-c2ccc(OCCCOC3CCCCO3)cc2)c1. The van der Waals surface area contributed by atoms with Crippen LogP contribution in [-0.2, 0) is 18.9 Å². The molecule has 2 heterocycles. The Hall–Kier alpha value is -2.42. The summed E-state index contributed by atoms with van der Waals surface area (Å²) in [5.41, 5.74) is 4.56. The summed E-state index contributed by atoms with van der Waals surface area (Å²) in [6, 6.07) is 23.0. The normalized spacial score (nSPS) is 19.1. The van der Waals surface area contributed by atoms with Gasteiger partial charge in [-0.3, -0.25) is 0 Å². The Morgan fingerprint density at radius 3 is 1.44 bits per heavy atom. The van der Waals surface area contributed by atoms with Crippen LogP contribution in [0.4, 0.5) is 0 Å². The summed E-state index contributed by atoms with van der Waals surface area (Å²) in [5, 5.41) is 0. The van der Waals surface area contributed by atoms with E-state index >= 15 is 0 Å². The molecule has 2 saturated heterocycles. The molecule has 2 aliphatic heterocycles. The van der Waals surface area contributed by atoms with Crippen LogP contribution in [0.15, 0.2) is 71.2 Å². The van der Waals surface area contributed by atoms with Gasteiger partial charge in [0.1, 0.15) is 11.5 Å². The molecule has 5 rings (SSSR count). The third-order valence-corrected chi connectivity index (χ3v) is 7.73. The van der Waals surface area contributed by atoms with Crippen molar-refractivity contribution in [3.05, 3.63) is 71.2 Å². The molecule has 7 heteroatoms. The van der Waals surface area contributed by atoms with Crippen molar-refractivity contribution in [2.24, 2.45) is 0 Å². The molecule has 3 aromatic carbocycles. The van der Waals surface area contributed by atoms with E-state index in [0.29, 0.717) is 26.4 Å². The molecule has 2 fully saturated rings. The molecule has 41 heavy (non-hydrogen) atoms. The van der Waals surface area contributed by atoms with Crippen molar-refractivity contribution in [3.8, 4) is 33.8 Å². The molecule has 0 spiro atoms. The highest BCUT2D eigenvalue weighted by molar-refractivity contribution is 9.10. The van der Waals surface area contributed by atoms with Crippen molar-refractivity contribution < 1.29 is 28.4 Å². The smallest absolute Gasteiger partial charge is 0.157 e. The van der Waals surface area contributed by atoms with E-state index in [2.05, 4.69) is 58.4 Å². The Bertz CT molecular complexity index is 1080. The lowest BCUT2D eigenvalue weighted by atomic mass is 9.99. The first-order valence-electron chi connectivity index (χ1n) is 15.0. The fourth-order valence-electron chi connectivity index (χ4n) is 5.02. The highest BCUT2D eigenvalue weighted by Crippen LogP contribution is 2.32. The minimum atomic E-state index is -0.0402. The molecular formula is C34H41BrO6. The number of rotatable bonds is 14. The van der Waals surface area contributed by atoms with Gasteiger partial charge in [-0.05, 0) is 103 Å². The van der Waals surface area contributed by atoms with Crippen molar-refractivity contribution in [1.29, 1.82) is 0 Å². The second kappa shape index (κ2) is 16.3. The highest BCUT2D eigenvalue weighted by Gasteiger charge is 2.14. The van der Waals surface area contributed by atoms with Crippen LogP contribution in [-0.4, -0.2) is 52.2 Å². The van der Waals surface area contributed by atoms with Crippen molar-refractivity contribution in [2.75, 3.05) is 39.6 Å². The van der Waals surface area contributed by atoms with Gasteiger partial charge in [0.05, 0.1) is 26.4 Å². The summed E-state index contributed by atoms with van der Waals surface area (Å²) in [7, 11) is 0. The molecule has 6 nitrogen and oxygen atoms in total. The van der Waals surface area contributed by atoms with Crippen LogP contribution in [0.1, 0.15) is 51.4 Å². The third kappa shape index (κ3) is 9.83. The van der Waals surface area contributed by atoms with Gasteiger partial charge in [-0.15, -0.1) is 0 Å². The Morgan fingerprint density at radius 1 is 0.561 bits per heavy atom. The zero-order valence-corrected chi connectivity index (χ0v) is 25.3. The van der Waals surface area contributed by atoms with Crippen molar-refractivity contribution in [1.82, 2.24) is 0 Å². The molecule has 2 unspecified atom stereocenters. The molecule has 2 atom stereocenters. The lowest BCUT2D eigenvalue weighted by Gasteiger charge is -2.22. The minimum Gasteiger partial charge on any atom is -0.494 e. The Kier molecular flexibility index (Phi) is 11.9. The molecule has 220 valence electrons. The van der Waals surface area contributed by atoms with Crippen LogP contribution in [0.2, 0.25) is 0 Å². The summed E-state index contributed by atoms with van der Waals surface area (Å²) in [5.74, 6) is 1.73. The number of benzene rings is 3. The van der Waals surface area contributed by atoms with Crippen molar-refractivity contribution in [3.63, 3.8) is 0 Å². The zero-order chi connectivity index (χ0) is 28.1. The summed E-state index contributed by atoms with van der Waals surface area (Å²) in [6.07, 6.45) is 8.22. The quantitative estimate of drug-likeness (QED) is 0.168. The molecular weight excluding hydrogens is 584 g/mol. The fourth-order valence-corrected chi connectivity index (χ4v) is 5.52. The maximum absolute atomic E-state index is 5.93. The van der Waals surface area contributed by atoms with E-state index in [1.165, 1.54) is 12.8 Å². The average molecular weight is 626 g/mol. The van der Waals surface area contributed by atoms with Gasteiger partial charge in [0, 0.05) is 30.5 Å². The fraction of sp³-hybridized carbons (Fsp3) is 0.471. The molecule has 2 aliphatic rings. The van der Waals surface area contributed by atoms with Crippen molar-refractivity contribution >= 4 is 15.9 Å². The first-order chi connectivity index (χ1) is 20.2. The first-order valence-corrected chi connectivity index (χ1v) is 15.8. The highest BCUT2D eigenvalue weighted by atomic mass is 79.9. The number of ether oxygens (including phenoxy) is 6. The molecule has 0 radical (unpaired) electrons. The molecule has 0 N–H and O–H groups in total. The van der Waals surface area contributed by atoms with Gasteiger partial charge in [0.2, 0.25) is 0 Å². The summed E-state index contributed by atoms with van der Waals surface area (Å²) in [6.45, 7) is 4.17. The van der Waals surface area contributed by atoms with Gasteiger partial charge in [-0.1, -0.05) is 40.2 Å². The monoisotopic (exact) mass is 624 g/mol. The lowest BCUT2D eigenvalue weighted by molar-refractivity contribution is -0.163. The van der Waals surface area contributed by atoms with Crippen LogP contribution >= 0.6 is 15.9 Å². The molecule has 3 aromatic rings. The third-order valence-electron chi connectivity index (χ3n) is 7.27. The van der Waals surface area contributed by atoms with Gasteiger partial charge in [0.25, 0.3) is 0 Å². The lowest BCUT2D eigenvalue weighted by Crippen LogP contribution is -2.23. The topological polar surface area (TPSA) is 55.4 Å². The Morgan fingerprint density at radius 2 is 1.02 bits per heavy atom. The molecule has 0 bridgehead atoms. The van der Waals surface area contributed by atoms with Crippen LogP contribution in [0.25, 0.3) is 22.3 Å². The van der Waals surface area contributed by atoms with Crippen LogP contribution in [0.5, 0.6) is 11.5 Å². The van der Waals surface area contributed by atoms with Gasteiger partial charge in [-0.25, -0.2) is 0 Å². The summed E-state index contributed by atoms with van der Waals surface area (Å²) < 4.78 is 35.7. The van der Waals surface area contributed by atoms with E-state index < -0.39 is 0 Å². The summed E-state index contributed by atoms with van der Waals surface area (Å²) in [4.78, 5) is 0. The van der Waals surface area contributed by atoms with E-state index in [4.69, 9.17) is 28.4 Å². The van der Waals surface area contributed by atoms with E-state index in [0.717, 1.165) is 90.0 Å². The predicted octanol–water partition coefficient (Wildman–Crippen LogP) is 8.41. The Balaban J connectivity index is 1.07. The summed E-state index contributed by atoms with van der Waals surface area (Å²) >= 11 is 3.70. The second-order valence-electron chi connectivity index (χ2n) is 10.5. The van der Waals surface area contributed by atoms with E-state index in [1.54, 1.807) is 0 Å². The maximum atomic E-state index is 5.93. The van der Waals surface area contributed by atoms with E-state index in [1.807, 2.05) is 24.3 Å². The molecule has 0 saturated carbocycles. The maximum Gasteiger partial charge on any atom is 0.157 e. The zero-order valence-electron chi connectivity index (χ0n) is 23.7. The van der Waals surface area contributed by atoms with Gasteiger partial charge in [-0.2, -0.15) is 0 Å². The van der Waals surface area contributed by atoms with Gasteiger partial charge >= 0.3 is 0 Å². The molecule has 0 aliphatic carbocycles. The predicted molar refractivity (Wildman–Crippen MR) is 164 cm³/mol. The van der Waals surface area contributed by atoms with Crippen LogP contribution in [0, 0.1) is 0 Å². The van der Waals surface area contributed by atoms with Crippen molar-refractivity contribution in [2.45, 2.75) is 63.9 Å². The van der Waals surface area contributed by atoms with Gasteiger partial charge < -0.3 is 28.4 Å². The number of hydrogen-bond donors (Lipinski definition) is 0. The molecule has 0 aromatic heterocycles. The first kappa shape index (κ1) is 30.1. The standard InChI is InChI=1S/C34H41BrO6/c35-30-24-28(26-9-13-31(14-10-26)36-19-5-21-40-33-7-1-3-17-38-33)23-29(25-30)27-11-15-32(16-12-27)37-20-6-22-41-34-8-2-4-18-39-34/h9-16,23-25,33-34H,1-8,17-22H2.